The Hall–Kier alpha value is -1.01. The van der Waals surface area contributed by atoms with Gasteiger partial charge in [-0.2, -0.15) is 0 Å². The topological polar surface area (TPSA) is 50.9 Å². The predicted molar refractivity (Wildman–Crippen MR) is 67.3 cm³/mol. The minimum Gasteiger partial charge on any atom is -0.271 e. The monoisotopic (exact) mass is 271 g/mol. The van der Waals surface area contributed by atoms with Gasteiger partial charge in [0.2, 0.25) is 0 Å². The van der Waals surface area contributed by atoms with Crippen LogP contribution in [-0.4, -0.2) is 4.98 Å². The van der Waals surface area contributed by atoms with E-state index in [2.05, 4.69) is 10.4 Å². The number of hydrogen-bond donors (Lipinski definition) is 2. The fourth-order valence-electron chi connectivity index (χ4n) is 1.54. The highest BCUT2D eigenvalue weighted by atomic mass is 35.5. The average molecular weight is 272 g/mol. The molecule has 1 aromatic heterocycles. The van der Waals surface area contributed by atoms with Crippen molar-refractivity contribution >= 4 is 22.9 Å². The molecule has 0 aliphatic heterocycles. The van der Waals surface area contributed by atoms with Gasteiger partial charge in [-0.3, -0.25) is 16.3 Å². The Kier molecular flexibility index (Phi) is 4.06. The maximum atomic E-state index is 13.3. The first-order chi connectivity index (χ1) is 8.20. The van der Waals surface area contributed by atoms with Crippen molar-refractivity contribution in [1.82, 2.24) is 10.4 Å². The van der Waals surface area contributed by atoms with Crippen LogP contribution in [0, 0.1) is 5.82 Å². The molecule has 0 radical (unpaired) electrons. The number of hydrogen-bond acceptors (Lipinski definition) is 4. The molecule has 0 aliphatic rings. The third kappa shape index (κ3) is 3.01. The number of halogens is 2. The molecule has 3 nitrogen and oxygen atoms in total. The summed E-state index contributed by atoms with van der Waals surface area (Å²) in [6.07, 6.45) is 2.34. The van der Waals surface area contributed by atoms with Crippen LogP contribution in [0.1, 0.15) is 16.5 Å². The summed E-state index contributed by atoms with van der Waals surface area (Å²) in [6.45, 7) is 0. The summed E-state index contributed by atoms with van der Waals surface area (Å²) in [7, 11) is 0. The number of nitrogens with one attached hydrogen (secondary N) is 1. The van der Waals surface area contributed by atoms with Crippen LogP contribution in [0.25, 0.3) is 0 Å². The van der Waals surface area contributed by atoms with Gasteiger partial charge in [-0.1, -0.05) is 17.7 Å². The molecule has 2 aromatic rings. The molecule has 6 heteroatoms. The number of aromatic nitrogens is 1. The Balaban J connectivity index is 2.16. The van der Waals surface area contributed by atoms with Crippen molar-refractivity contribution in [2.45, 2.75) is 12.5 Å². The highest BCUT2D eigenvalue weighted by Crippen LogP contribution is 2.23. The van der Waals surface area contributed by atoms with E-state index in [1.54, 1.807) is 23.8 Å². The maximum Gasteiger partial charge on any atom is 0.142 e. The molecular weight excluding hydrogens is 261 g/mol. The lowest BCUT2D eigenvalue weighted by Gasteiger charge is -2.13. The zero-order valence-electron chi connectivity index (χ0n) is 8.86. The number of hydrazine groups is 1. The Morgan fingerprint density at radius 1 is 1.53 bits per heavy atom. The SMILES string of the molecule is NNC(Cc1ccc(Cl)c(F)c1)c1cncs1. The van der Waals surface area contributed by atoms with Crippen molar-refractivity contribution in [2.24, 2.45) is 5.84 Å². The molecule has 0 spiro atoms. The number of thiazole rings is 1. The fourth-order valence-corrected chi connectivity index (χ4v) is 2.34. The van der Waals surface area contributed by atoms with Gasteiger partial charge < -0.3 is 0 Å². The summed E-state index contributed by atoms with van der Waals surface area (Å²) in [5, 5.41) is 0.129. The molecule has 0 aliphatic carbocycles. The summed E-state index contributed by atoms with van der Waals surface area (Å²) < 4.78 is 13.3. The van der Waals surface area contributed by atoms with E-state index in [0.717, 1.165) is 10.4 Å². The third-order valence-corrected chi connectivity index (χ3v) is 3.62. The van der Waals surface area contributed by atoms with Gasteiger partial charge in [0.25, 0.3) is 0 Å². The van der Waals surface area contributed by atoms with E-state index in [0.29, 0.717) is 6.42 Å². The molecule has 3 N–H and O–H groups in total. The van der Waals surface area contributed by atoms with Crippen LogP contribution in [-0.2, 0) is 6.42 Å². The third-order valence-electron chi connectivity index (χ3n) is 2.42. The normalized spacial score (nSPS) is 12.6. The van der Waals surface area contributed by atoms with E-state index < -0.39 is 5.82 Å². The van der Waals surface area contributed by atoms with Gasteiger partial charge in [0.15, 0.2) is 0 Å². The zero-order valence-corrected chi connectivity index (χ0v) is 10.4. The molecule has 1 atom stereocenters. The molecule has 1 heterocycles. The lowest BCUT2D eigenvalue weighted by Crippen LogP contribution is -2.29. The zero-order chi connectivity index (χ0) is 12.3. The van der Waals surface area contributed by atoms with Crippen LogP contribution in [0.3, 0.4) is 0 Å². The highest BCUT2D eigenvalue weighted by molar-refractivity contribution is 7.09. The second-order valence-corrected chi connectivity index (χ2v) is 4.90. The molecule has 17 heavy (non-hydrogen) atoms. The van der Waals surface area contributed by atoms with Crippen molar-refractivity contribution in [3.63, 3.8) is 0 Å². The van der Waals surface area contributed by atoms with Crippen LogP contribution in [0.15, 0.2) is 29.9 Å². The summed E-state index contributed by atoms with van der Waals surface area (Å²) in [5.41, 5.74) is 5.28. The fraction of sp³-hybridized carbons (Fsp3) is 0.182. The molecule has 2 rings (SSSR count). The number of benzene rings is 1. The van der Waals surface area contributed by atoms with E-state index in [1.807, 2.05) is 0 Å². The summed E-state index contributed by atoms with van der Waals surface area (Å²) in [5.74, 6) is 5.08. The smallest absolute Gasteiger partial charge is 0.142 e. The van der Waals surface area contributed by atoms with Crippen LogP contribution in [0.2, 0.25) is 5.02 Å². The molecule has 0 amide bonds. The van der Waals surface area contributed by atoms with Gasteiger partial charge in [-0.05, 0) is 24.1 Å². The van der Waals surface area contributed by atoms with Gasteiger partial charge in [-0.15, -0.1) is 11.3 Å². The van der Waals surface area contributed by atoms with Crippen molar-refractivity contribution in [3.8, 4) is 0 Å². The van der Waals surface area contributed by atoms with Crippen LogP contribution < -0.4 is 11.3 Å². The molecule has 1 aromatic carbocycles. The largest absolute Gasteiger partial charge is 0.271 e. The van der Waals surface area contributed by atoms with Crippen LogP contribution in [0.4, 0.5) is 4.39 Å². The number of nitrogens with zero attached hydrogens (tertiary/aromatic N) is 1. The van der Waals surface area contributed by atoms with Crippen molar-refractivity contribution in [2.75, 3.05) is 0 Å². The number of rotatable bonds is 4. The molecular formula is C11H11ClFN3S. The average Bonchev–Trinajstić information content (AvgIpc) is 2.84. The Labute approximate surface area is 107 Å². The lowest BCUT2D eigenvalue weighted by molar-refractivity contribution is 0.556. The van der Waals surface area contributed by atoms with Gasteiger partial charge >= 0.3 is 0 Å². The minimum absolute atomic E-state index is 0.0666. The van der Waals surface area contributed by atoms with E-state index in [9.17, 15) is 4.39 Å². The van der Waals surface area contributed by atoms with Crippen molar-refractivity contribution in [3.05, 3.63) is 51.2 Å². The summed E-state index contributed by atoms with van der Waals surface area (Å²) in [4.78, 5) is 5.01. The minimum atomic E-state index is -0.413. The highest BCUT2D eigenvalue weighted by Gasteiger charge is 2.13. The molecule has 1 unspecified atom stereocenters. The Bertz CT molecular complexity index is 489. The quantitative estimate of drug-likeness (QED) is 0.664. The first-order valence-electron chi connectivity index (χ1n) is 4.99. The van der Waals surface area contributed by atoms with Crippen molar-refractivity contribution in [1.29, 1.82) is 0 Å². The van der Waals surface area contributed by atoms with E-state index >= 15 is 0 Å². The van der Waals surface area contributed by atoms with E-state index in [1.165, 1.54) is 17.4 Å². The van der Waals surface area contributed by atoms with Gasteiger partial charge in [-0.25, -0.2) is 4.39 Å². The van der Waals surface area contributed by atoms with Gasteiger partial charge in [0.1, 0.15) is 5.82 Å². The van der Waals surface area contributed by atoms with E-state index in [4.69, 9.17) is 17.4 Å². The van der Waals surface area contributed by atoms with Gasteiger partial charge in [0.05, 0.1) is 16.6 Å². The second-order valence-electron chi connectivity index (χ2n) is 3.58. The van der Waals surface area contributed by atoms with Crippen LogP contribution >= 0.6 is 22.9 Å². The summed E-state index contributed by atoms with van der Waals surface area (Å²) >= 11 is 7.14. The molecule has 90 valence electrons. The molecule has 0 saturated heterocycles. The van der Waals surface area contributed by atoms with Crippen molar-refractivity contribution < 1.29 is 4.39 Å². The number of nitrogens with two attached hydrogens (primary N) is 1. The maximum absolute atomic E-state index is 13.3. The Morgan fingerprint density at radius 2 is 2.35 bits per heavy atom. The lowest BCUT2D eigenvalue weighted by atomic mass is 10.1. The van der Waals surface area contributed by atoms with E-state index in [-0.39, 0.29) is 11.1 Å². The predicted octanol–water partition coefficient (Wildman–Crippen LogP) is 2.68. The second kappa shape index (κ2) is 5.55. The molecule has 0 saturated carbocycles. The standard InChI is InChI=1S/C11H11ClFN3S/c12-8-2-1-7(3-9(8)13)4-10(16-14)11-5-15-6-17-11/h1-3,5-6,10,16H,4,14H2. The molecule has 0 bridgehead atoms. The van der Waals surface area contributed by atoms with Gasteiger partial charge in [0, 0.05) is 11.1 Å². The molecule has 0 fully saturated rings. The first-order valence-corrected chi connectivity index (χ1v) is 6.25. The Morgan fingerprint density at radius 3 is 2.94 bits per heavy atom. The first kappa shape index (κ1) is 12.4. The van der Waals surface area contributed by atoms with Crippen LogP contribution in [0.5, 0.6) is 0 Å². The summed E-state index contributed by atoms with van der Waals surface area (Å²) in [6, 6.07) is 4.69.